The fourth-order valence-electron chi connectivity index (χ4n) is 1.80. The summed E-state index contributed by atoms with van der Waals surface area (Å²) in [6.07, 6.45) is -3.02. The van der Waals surface area contributed by atoms with E-state index in [-0.39, 0.29) is 22.7 Å². The highest BCUT2D eigenvalue weighted by atomic mass is 35.5. The Morgan fingerprint density at radius 1 is 1.25 bits per heavy atom. The van der Waals surface area contributed by atoms with E-state index in [4.69, 9.17) is 16.9 Å². The van der Waals surface area contributed by atoms with Crippen molar-refractivity contribution in [2.75, 3.05) is 0 Å². The molecule has 2 rings (SSSR count). The highest BCUT2D eigenvalue weighted by Crippen LogP contribution is 2.38. The summed E-state index contributed by atoms with van der Waals surface area (Å²) in [4.78, 5) is 3.96. The van der Waals surface area contributed by atoms with Gasteiger partial charge in [-0.15, -0.1) is 0 Å². The molecule has 0 unspecified atom stereocenters. The minimum Gasteiger partial charge on any atom is -0.254 e. The van der Waals surface area contributed by atoms with Crippen molar-refractivity contribution < 1.29 is 13.2 Å². The second-order valence-electron chi connectivity index (χ2n) is 4.05. The fraction of sp³-hybridized carbons (Fsp3) is 0.143. The van der Waals surface area contributed by atoms with Crippen LogP contribution in [0.3, 0.4) is 0 Å². The van der Waals surface area contributed by atoms with Gasteiger partial charge in [0, 0.05) is 11.8 Å². The Morgan fingerprint density at radius 3 is 2.55 bits per heavy atom. The zero-order valence-electron chi connectivity index (χ0n) is 10.1. The molecule has 0 saturated carbocycles. The number of hydrogen-bond acceptors (Lipinski definition) is 2. The lowest BCUT2D eigenvalue weighted by Gasteiger charge is -2.13. The summed E-state index contributed by atoms with van der Waals surface area (Å²) in [6.45, 7) is 0. The van der Waals surface area contributed by atoms with Crippen molar-refractivity contribution >= 4 is 11.6 Å². The van der Waals surface area contributed by atoms with E-state index in [0.717, 1.165) is 6.07 Å². The van der Waals surface area contributed by atoms with Gasteiger partial charge in [-0.2, -0.15) is 18.4 Å². The smallest absolute Gasteiger partial charge is 0.254 e. The maximum absolute atomic E-state index is 13.0. The molecule has 0 aliphatic rings. The molecule has 102 valence electrons. The predicted octanol–water partition coefficient (Wildman–Crippen LogP) is 4.49. The summed E-state index contributed by atoms with van der Waals surface area (Å²) >= 11 is 5.98. The normalized spacial score (nSPS) is 11.2. The topological polar surface area (TPSA) is 36.7 Å². The van der Waals surface area contributed by atoms with E-state index in [1.165, 1.54) is 30.5 Å². The Labute approximate surface area is 118 Å². The van der Waals surface area contributed by atoms with Gasteiger partial charge in [-0.1, -0.05) is 29.8 Å². The number of halogens is 4. The van der Waals surface area contributed by atoms with Crippen LogP contribution in [0.4, 0.5) is 13.2 Å². The molecule has 1 heterocycles. The van der Waals surface area contributed by atoms with Crippen LogP contribution in [0.25, 0.3) is 11.3 Å². The fourth-order valence-corrected chi connectivity index (χ4v) is 2.09. The van der Waals surface area contributed by atoms with E-state index in [1.807, 2.05) is 6.07 Å². The lowest BCUT2D eigenvalue weighted by atomic mass is 10.0. The number of benzene rings is 1. The van der Waals surface area contributed by atoms with Gasteiger partial charge in [0.15, 0.2) is 0 Å². The molecule has 0 amide bonds. The number of hydrogen-bond donors (Lipinski definition) is 0. The molecular weight excluding hydrogens is 289 g/mol. The average molecular weight is 297 g/mol. The molecule has 1 aromatic carbocycles. The Morgan fingerprint density at radius 2 is 1.95 bits per heavy atom. The molecule has 0 aliphatic carbocycles. The van der Waals surface area contributed by atoms with Crippen molar-refractivity contribution in [3.8, 4) is 17.3 Å². The maximum atomic E-state index is 13.0. The van der Waals surface area contributed by atoms with E-state index < -0.39 is 11.7 Å². The molecular formula is C14H8ClF3N2. The minimum atomic E-state index is -4.48. The lowest BCUT2D eigenvalue weighted by Crippen LogP contribution is -2.07. The largest absolute Gasteiger partial charge is 0.417 e. The van der Waals surface area contributed by atoms with E-state index in [9.17, 15) is 13.2 Å². The van der Waals surface area contributed by atoms with Crippen molar-refractivity contribution in [1.82, 2.24) is 4.98 Å². The summed E-state index contributed by atoms with van der Waals surface area (Å²) in [7, 11) is 0. The maximum Gasteiger partial charge on any atom is 0.417 e. The van der Waals surface area contributed by atoms with Crippen LogP contribution in [0, 0.1) is 11.3 Å². The van der Waals surface area contributed by atoms with E-state index in [1.54, 1.807) is 0 Å². The first-order chi connectivity index (χ1) is 9.43. The van der Waals surface area contributed by atoms with Crippen molar-refractivity contribution in [1.29, 1.82) is 5.26 Å². The molecule has 0 atom stereocenters. The van der Waals surface area contributed by atoms with Crippen LogP contribution in [0.2, 0.25) is 5.02 Å². The van der Waals surface area contributed by atoms with Crippen molar-refractivity contribution in [3.63, 3.8) is 0 Å². The predicted molar refractivity (Wildman–Crippen MR) is 69.0 cm³/mol. The van der Waals surface area contributed by atoms with Gasteiger partial charge in [-0.25, -0.2) is 0 Å². The summed E-state index contributed by atoms with van der Waals surface area (Å²) < 4.78 is 38.9. The van der Waals surface area contributed by atoms with Gasteiger partial charge in [0.25, 0.3) is 0 Å². The third-order valence-corrected chi connectivity index (χ3v) is 2.96. The van der Waals surface area contributed by atoms with Crippen LogP contribution < -0.4 is 0 Å². The summed E-state index contributed by atoms with van der Waals surface area (Å²) in [5.41, 5.74) is -0.247. The average Bonchev–Trinajstić information content (AvgIpc) is 2.38. The molecule has 0 N–H and O–H groups in total. The first-order valence-electron chi connectivity index (χ1n) is 5.61. The highest BCUT2D eigenvalue weighted by Gasteiger charge is 2.34. The molecule has 2 aromatic rings. The Bertz CT molecular complexity index is 675. The molecule has 20 heavy (non-hydrogen) atoms. The van der Waals surface area contributed by atoms with Gasteiger partial charge in [0.1, 0.15) is 0 Å². The lowest BCUT2D eigenvalue weighted by molar-refractivity contribution is -0.137. The summed E-state index contributed by atoms with van der Waals surface area (Å²) in [5.74, 6) is 0. The van der Waals surface area contributed by atoms with Gasteiger partial charge in [0.2, 0.25) is 0 Å². The van der Waals surface area contributed by atoms with E-state index in [2.05, 4.69) is 4.98 Å². The zero-order chi connectivity index (χ0) is 14.8. The van der Waals surface area contributed by atoms with E-state index in [0.29, 0.717) is 5.56 Å². The molecule has 0 fully saturated rings. The highest BCUT2D eigenvalue weighted by molar-refractivity contribution is 6.33. The monoisotopic (exact) mass is 296 g/mol. The van der Waals surface area contributed by atoms with Crippen LogP contribution in [-0.4, -0.2) is 4.98 Å². The van der Waals surface area contributed by atoms with Gasteiger partial charge >= 0.3 is 6.18 Å². The van der Waals surface area contributed by atoms with Gasteiger partial charge in [0.05, 0.1) is 28.8 Å². The summed E-state index contributed by atoms with van der Waals surface area (Å²) in [6, 6.07) is 8.49. The first-order valence-corrected chi connectivity index (χ1v) is 5.99. The van der Waals surface area contributed by atoms with Crippen LogP contribution in [0.5, 0.6) is 0 Å². The number of nitriles is 1. The Kier molecular flexibility index (Phi) is 3.96. The van der Waals surface area contributed by atoms with Crippen molar-refractivity contribution in [2.45, 2.75) is 12.6 Å². The molecule has 0 bridgehead atoms. The van der Waals surface area contributed by atoms with Gasteiger partial charge in [-0.3, -0.25) is 4.98 Å². The molecule has 2 nitrogen and oxygen atoms in total. The van der Waals surface area contributed by atoms with Gasteiger partial charge in [-0.05, 0) is 17.7 Å². The Hall–Kier alpha value is -2.06. The molecule has 0 radical (unpaired) electrons. The Balaban J connectivity index is 2.56. The second-order valence-corrected chi connectivity index (χ2v) is 4.46. The summed E-state index contributed by atoms with van der Waals surface area (Å²) in [5, 5.41) is 8.67. The molecule has 0 aliphatic heterocycles. The molecule has 1 aromatic heterocycles. The second kappa shape index (κ2) is 5.51. The molecule has 0 saturated heterocycles. The van der Waals surface area contributed by atoms with Crippen LogP contribution >= 0.6 is 11.6 Å². The number of aromatic nitrogens is 1. The standard InChI is InChI=1S/C14H8ClF3N2/c15-12-7-9(5-6-19)8-20-13(12)10-3-1-2-4-11(10)14(16,17)18/h1-4,7-8H,5H2. The zero-order valence-corrected chi connectivity index (χ0v) is 10.8. The number of pyridine rings is 1. The number of nitrogens with zero attached hydrogens (tertiary/aromatic N) is 2. The minimum absolute atomic E-state index is 0.0567. The van der Waals surface area contributed by atoms with E-state index >= 15 is 0 Å². The third-order valence-electron chi connectivity index (χ3n) is 2.67. The number of alkyl halides is 3. The van der Waals surface area contributed by atoms with Gasteiger partial charge < -0.3 is 0 Å². The van der Waals surface area contributed by atoms with Crippen molar-refractivity contribution in [3.05, 3.63) is 52.7 Å². The quantitative estimate of drug-likeness (QED) is 0.819. The molecule has 6 heteroatoms. The van der Waals surface area contributed by atoms with Crippen LogP contribution in [0.1, 0.15) is 11.1 Å². The van der Waals surface area contributed by atoms with Crippen LogP contribution in [-0.2, 0) is 12.6 Å². The number of rotatable bonds is 2. The van der Waals surface area contributed by atoms with Crippen LogP contribution in [0.15, 0.2) is 36.5 Å². The van der Waals surface area contributed by atoms with Crippen molar-refractivity contribution in [2.24, 2.45) is 0 Å². The first kappa shape index (κ1) is 14.4. The molecule has 0 spiro atoms. The SMILES string of the molecule is N#CCc1cnc(-c2ccccc2C(F)(F)F)c(Cl)c1. The third kappa shape index (κ3) is 2.91.